The third kappa shape index (κ3) is 3.47. The van der Waals surface area contributed by atoms with Gasteiger partial charge in [-0.3, -0.25) is 0 Å². The normalized spacial score (nSPS) is 13.1. The van der Waals surface area contributed by atoms with Crippen LogP contribution >= 0.6 is 0 Å². The maximum absolute atomic E-state index is 4.28. The molecule has 2 aromatic carbocycles. The minimum atomic E-state index is 0.638. The summed E-state index contributed by atoms with van der Waals surface area (Å²) in [6.45, 7) is 9.27. The van der Waals surface area contributed by atoms with Crippen molar-refractivity contribution in [2.24, 2.45) is 11.8 Å². The first kappa shape index (κ1) is 15.8. The highest BCUT2D eigenvalue weighted by Crippen LogP contribution is 2.32. The average molecular weight is 306 g/mol. The van der Waals surface area contributed by atoms with Gasteiger partial charge in [-0.1, -0.05) is 58.0 Å². The van der Waals surface area contributed by atoms with E-state index < -0.39 is 0 Å². The maximum atomic E-state index is 4.28. The molecule has 1 heterocycles. The molecular formula is C21H26N2. The number of benzene rings is 2. The van der Waals surface area contributed by atoms with Gasteiger partial charge in [0.15, 0.2) is 0 Å². The van der Waals surface area contributed by atoms with E-state index in [2.05, 4.69) is 80.1 Å². The van der Waals surface area contributed by atoms with Crippen molar-refractivity contribution >= 4 is 11.0 Å². The van der Waals surface area contributed by atoms with Gasteiger partial charge < -0.3 is 4.98 Å². The van der Waals surface area contributed by atoms with Gasteiger partial charge in [-0.05, 0) is 53.0 Å². The number of hydrogen-bond donors (Lipinski definition) is 1. The molecule has 1 N–H and O–H groups in total. The predicted molar refractivity (Wildman–Crippen MR) is 98.6 cm³/mol. The second-order valence-electron chi connectivity index (χ2n) is 7.24. The van der Waals surface area contributed by atoms with Crippen LogP contribution in [0.1, 0.15) is 45.6 Å². The van der Waals surface area contributed by atoms with E-state index in [0.29, 0.717) is 11.8 Å². The number of fused-ring (bicyclic) bond motifs is 1. The zero-order chi connectivity index (χ0) is 16.4. The lowest BCUT2D eigenvalue weighted by Gasteiger charge is -2.23. The topological polar surface area (TPSA) is 28.7 Å². The van der Waals surface area contributed by atoms with Crippen LogP contribution in [0.2, 0.25) is 0 Å². The van der Waals surface area contributed by atoms with Crippen LogP contribution in [0.5, 0.6) is 0 Å². The molecule has 0 amide bonds. The number of H-pyrrole nitrogens is 1. The van der Waals surface area contributed by atoms with Crippen molar-refractivity contribution in [3.63, 3.8) is 0 Å². The van der Waals surface area contributed by atoms with Gasteiger partial charge in [-0.15, -0.1) is 0 Å². The van der Waals surface area contributed by atoms with Gasteiger partial charge in [0.05, 0.1) is 17.4 Å². The van der Waals surface area contributed by atoms with Crippen LogP contribution in [0.4, 0.5) is 0 Å². The first-order valence-corrected chi connectivity index (χ1v) is 8.58. The molecule has 0 bridgehead atoms. The molecule has 120 valence electrons. The number of aromatic nitrogens is 2. The van der Waals surface area contributed by atoms with Crippen molar-refractivity contribution in [1.29, 1.82) is 0 Å². The number of nitrogens with zero attached hydrogens (tertiary/aromatic N) is 1. The van der Waals surface area contributed by atoms with E-state index in [1.54, 1.807) is 6.33 Å². The third-order valence-corrected chi connectivity index (χ3v) is 4.62. The van der Waals surface area contributed by atoms with Gasteiger partial charge in [0.1, 0.15) is 0 Å². The zero-order valence-electron chi connectivity index (χ0n) is 14.5. The number of nitrogens with one attached hydrogen (secondary N) is 1. The molecule has 0 spiro atoms. The second kappa shape index (κ2) is 6.57. The number of aromatic amines is 1. The molecule has 1 atom stereocenters. The Balaban J connectivity index is 1.88. The SMILES string of the molecule is CC(C)CC(c1ccc(-c2ccc3nc[nH]c3c2)cc1)C(C)C. The van der Waals surface area contributed by atoms with Gasteiger partial charge in [0, 0.05) is 0 Å². The Morgan fingerprint density at radius 3 is 2.26 bits per heavy atom. The van der Waals surface area contributed by atoms with Crippen molar-refractivity contribution in [3.05, 3.63) is 54.4 Å². The summed E-state index contributed by atoms with van der Waals surface area (Å²) in [5.74, 6) is 2.04. The Morgan fingerprint density at radius 2 is 1.61 bits per heavy atom. The Hall–Kier alpha value is -2.09. The van der Waals surface area contributed by atoms with Gasteiger partial charge >= 0.3 is 0 Å². The first-order chi connectivity index (χ1) is 11.0. The van der Waals surface area contributed by atoms with E-state index in [1.807, 2.05) is 0 Å². The molecule has 23 heavy (non-hydrogen) atoms. The Bertz CT molecular complexity index is 766. The summed E-state index contributed by atoms with van der Waals surface area (Å²) in [6.07, 6.45) is 2.99. The summed E-state index contributed by atoms with van der Waals surface area (Å²) in [5, 5.41) is 0. The van der Waals surface area contributed by atoms with Crippen LogP contribution in [-0.2, 0) is 0 Å². The van der Waals surface area contributed by atoms with E-state index in [1.165, 1.54) is 23.1 Å². The maximum Gasteiger partial charge on any atom is 0.0931 e. The van der Waals surface area contributed by atoms with Crippen LogP contribution < -0.4 is 0 Å². The highest BCUT2D eigenvalue weighted by molar-refractivity contribution is 5.81. The van der Waals surface area contributed by atoms with Gasteiger partial charge in [0.2, 0.25) is 0 Å². The molecule has 2 nitrogen and oxygen atoms in total. The highest BCUT2D eigenvalue weighted by Gasteiger charge is 2.17. The molecule has 3 aromatic rings. The molecule has 0 aliphatic rings. The fourth-order valence-corrected chi connectivity index (χ4v) is 3.34. The van der Waals surface area contributed by atoms with Crippen molar-refractivity contribution in [2.75, 3.05) is 0 Å². The summed E-state index contributed by atoms with van der Waals surface area (Å²) in [4.78, 5) is 7.47. The van der Waals surface area contributed by atoms with Gasteiger partial charge in [0.25, 0.3) is 0 Å². The lowest BCUT2D eigenvalue weighted by atomic mass is 9.82. The summed E-state index contributed by atoms with van der Waals surface area (Å²) < 4.78 is 0. The molecular weight excluding hydrogens is 280 g/mol. The van der Waals surface area contributed by atoms with Gasteiger partial charge in [-0.25, -0.2) is 4.98 Å². The molecule has 2 heteroatoms. The van der Waals surface area contributed by atoms with Crippen LogP contribution in [-0.4, -0.2) is 9.97 Å². The fraction of sp³-hybridized carbons (Fsp3) is 0.381. The molecule has 3 rings (SSSR count). The quantitative estimate of drug-likeness (QED) is 0.614. The Labute approximate surface area is 139 Å². The van der Waals surface area contributed by atoms with E-state index in [-0.39, 0.29) is 0 Å². The Morgan fingerprint density at radius 1 is 0.913 bits per heavy atom. The standard InChI is InChI=1S/C21H26N2/c1-14(2)11-19(15(3)4)17-7-5-16(6-8-17)18-9-10-20-21(12-18)23-13-22-20/h5-10,12-15,19H,11H2,1-4H3,(H,22,23). The van der Waals surface area contributed by atoms with Crippen molar-refractivity contribution < 1.29 is 0 Å². The van der Waals surface area contributed by atoms with Crippen LogP contribution in [0.25, 0.3) is 22.2 Å². The van der Waals surface area contributed by atoms with Gasteiger partial charge in [-0.2, -0.15) is 0 Å². The van der Waals surface area contributed by atoms with Crippen LogP contribution in [0.3, 0.4) is 0 Å². The third-order valence-electron chi connectivity index (χ3n) is 4.62. The van der Waals surface area contributed by atoms with E-state index in [4.69, 9.17) is 0 Å². The van der Waals surface area contributed by atoms with E-state index >= 15 is 0 Å². The largest absolute Gasteiger partial charge is 0.345 e. The number of imidazole rings is 1. The molecule has 0 aliphatic heterocycles. The minimum Gasteiger partial charge on any atom is -0.345 e. The van der Waals surface area contributed by atoms with Crippen molar-refractivity contribution in [2.45, 2.75) is 40.0 Å². The molecule has 0 aliphatic carbocycles. The zero-order valence-corrected chi connectivity index (χ0v) is 14.5. The Kier molecular flexibility index (Phi) is 4.51. The van der Waals surface area contributed by atoms with Crippen molar-refractivity contribution in [3.8, 4) is 11.1 Å². The van der Waals surface area contributed by atoms with E-state index in [9.17, 15) is 0 Å². The molecule has 0 fully saturated rings. The summed E-state index contributed by atoms with van der Waals surface area (Å²) in [5.41, 5.74) is 6.06. The summed E-state index contributed by atoms with van der Waals surface area (Å²) in [6, 6.07) is 15.5. The average Bonchev–Trinajstić information content (AvgIpc) is 3.00. The second-order valence-corrected chi connectivity index (χ2v) is 7.24. The minimum absolute atomic E-state index is 0.638. The smallest absolute Gasteiger partial charge is 0.0931 e. The molecule has 1 unspecified atom stereocenters. The first-order valence-electron chi connectivity index (χ1n) is 8.58. The number of hydrogen-bond acceptors (Lipinski definition) is 1. The fourth-order valence-electron chi connectivity index (χ4n) is 3.34. The van der Waals surface area contributed by atoms with Crippen molar-refractivity contribution in [1.82, 2.24) is 9.97 Å². The summed E-state index contributed by atoms with van der Waals surface area (Å²) >= 11 is 0. The molecule has 0 saturated heterocycles. The predicted octanol–water partition coefficient (Wildman–Crippen LogP) is 6.02. The monoisotopic (exact) mass is 306 g/mol. The van der Waals surface area contributed by atoms with Crippen LogP contribution in [0.15, 0.2) is 48.8 Å². The highest BCUT2D eigenvalue weighted by atomic mass is 14.9. The lowest BCUT2D eigenvalue weighted by molar-refractivity contribution is 0.408. The number of rotatable bonds is 5. The molecule has 0 saturated carbocycles. The van der Waals surface area contributed by atoms with E-state index in [0.717, 1.165) is 17.0 Å². The summed E-state index contributed by atoms with van der Waals surface area (Å²) in [7, 11) is 0. The van der Waals surface area contributed by atoms with Crippen LogP contribution in [0, 0.1) is 11.8 Å². The molecule has 1 aromatic heterocycles. The lowest BCUT2D eigenvalue weighted by Crippen LogP contribution is -2.09. The molecule has 0 radical (unpaired) electrons.